The highest BCUT2D eigenvalue weighted by atomic mass is 15.2. The number of hydrogen-bond acceptors (Lipinski definition) is 2. The molecule has 0 saturated carbocycles. The van der Waals surface area contributed by atoms with Crippen molar-refractivity contribution in [3.8, 4) is 0 Å². The van der Waals surface area contributed by atoms with Gasteiger partial charge in [0.2, 0.25) is 0 Å². The number of nitrogens with two attached hydrogens (primary N) is 1. The lowest BCUT2D eigenvalue weighted by Crippen LogP contribution is -2.45. The van der Waals surface area contributed by atoms with E-state index in [1.165, 1.54) is 0 Å². The van der Waals surface area contributed by atoms with E-state index in [1.807, 2.05) is 0 Å². The smallest absolute Gasteiger partial charge is 0.189 e. The Morgan fingerprint density at radius 1 is 1.31 bits per heavy atom. The Balaban J connectivity index is 4.15. The van der Waals surface area contributed by atoms with E-state index in [2.05, 4.69) is 56.8 Å². The Morgan fingerprint density at radius 3 is 2.19 bits per heavy atom. The van der Waals surface area contributed by atoms with Crippen molar-refractivity contribution in [1.29, 1.82) is 0 Å². The molecule has 1 atom stereocenters. The molecule has 0 heterocycles. The summed E-state index contributed by atoms with van der Waals surface area (Å²) in [6.45, 7) is 15.6. The first-order valence-corrected chi connectivity index (χ1v) is 6.12. The van der Waals surface area contributed by atoms with Crippen LogP contribution < -0.4 is 11.1 Å². The minimum absolute atomic E-state index is 0.0218. The van der Waals surface area contributed by atoms with Crippen molar-refractivity contribution in [3.63, 3.8) is 0 Å². The second-order valence-electron chi connectivity index (χ2n) is 5.17. The molecule has 4 nitrogen and oxygen atoms in total. The summed E-state index contributed by atoms with van der Waals surface area (Å²) in [6, 6.07) is 0.440. The second kappa shape index (κ2) is 6.74. The average Bonchev–Trinajstić information content (AvgIpc) is 2.14. The van der Waals surface area contributed by atoms with Crippen molar-refractivity contribution in [2.24, 2.45) is 10.7 Å². The van der Waals surface area contributed by atoms with Gasteiger partial charge in [-0.2, -0.15) is 0 Å². The Morgan fingerprint density at radius 2 is 1.81 bits per heavy atom. The summed E-state index contributed by atoms with van der Waals surface area (Å²) >= 11 is 0. The van der Waals surface area contributed by atoms with E-state index < -0.39 is 0 Å². The van der Waals surface area contributed by atoms with Gasteiger partial charge in [-0.3, -0.25) is 9.89 Å². The summed E-state index contributed by atoms with van der Waals surface area (Å²) in [7, 11) is 0. The molecular weight excluding hydrogens is 200 g/mol. The van der Waals surface area contributed by atoms with E-state index in [0.29, 0.717) is 12.0 Å². The van der Waals surface area contributed by atoms with Crippen molar-refractivity contribution in [2.45, 2.75) is 53.1 Å². The molecule has 0 aromatic rings. The Labute approximate surface area is 100 Å². The van der Waals surface area contributed by atoms with Crippen LogP contribution in [0, 0.1) is 0 Å². The van der Waals surface area contributed by atoms with Gasteiger partial charge in [-0.1, -0.05) is 13.8 Å². The lowest BCUT2D eigenvalue weighted by Gasteiger charge is -2.26. The molecule has 0 saturated heterocycles. The van der Waals surface area contributed by atoms with Crippen LogP contribution in [0.4, 0.5) is 0 Å². The molecule has 0 aliphatic heterocycles. The number of likely N-dealkylation sites (N-methyl/N-ethyl adjacent to an activating group) is 1. The van der Waals surface area contributed by atoms with Gasteiger partial charge in [0.05, 0.1) is 6.54 Å². The summed E-state index contributed by atoms with van der Waals surface area (Å²) in [5.41, 5.74) is 5.79. The average molecular weight is 228 g/mol. The summed E-state index contributed by atoms with van der Waals surface area (Å²) in [5, 5.41) is 3.16. The van der Waals surface area contributed by atoms with Gasteiger partial charge in [-0.25, -0.2) is 0 Å². The van der Waals surface area contributed by atoms with E-state index in [1.54, 1.807) is 0 Å². The predicted octanol–water partition coefficient (Wildman–Crippen LogP) is 1.42. The van der Waals surface area contributed by atoms with Crippen molar-refractivity contribution in [3.05, 3.63) is 0 Å². The quantitative estimate of drug-likeness (QED) is 0.553. The molecule has 0 aliphatic carbocycles. The Bertz CT molecular complexity index is 214. The standard InChI is InChI=1S/C12H28N4/c1-7-16(8-2)10(3)9-14-11(13)15-12(4,5)6/h10H,7-9H2,1-6H3,(H3,13,14,15). The number of rotatable bonds is 5. The van der Waals surface area contributed by atoms with Crippen LogP contribution in [-0.2, 0) is 0 Å². The number of aliphatic imine (C=N–C) groups is 1. The molecule has 0 aliphatic rings. The lowest BCUT2D eigenvalue weighted by atomic mass is 10.1. The molecular formula is C12H28N4. The highest BCUT2D eigenvalue weighted by Crippen LogP contribution is 2.00. The Hall–Kier alpha value is -0.770. The minimum Gasteiger partial charge on any atom is -0.370 e. The molecule has 0 spiro atoms. The number of nitrogens with zero attached hydrogens (tertiary/aromatic N) is 2. The highest BCUT2D eigenvalue weighted by molar-refractivity contribution is 5.78. The molecule has 3 N–H and O–H groups in total. The van der Waals surface area contributed by atoms with E-state index in [9.17, 15) is 0 Å². The van der Waals surface area contributed by atoms with Gasteiger partial charge in [0.15, 0.2) is 5.96 Å². The first-order valence-electron chi connectivity index (χ1n) is 6.12. The molecule has 0 amide bonds. The van der Waals surface area contributed by atoms with Crippen molar-refractivity contribution >= 4 is 5.96 Å². The summed E-state index contributed by atoms with van der Waals surface area (Å²) in [6.07, 6.45) is 0. The maximum atomic E-state index is 5.81. The third kappa shape index (κ3) is 6.67. The van der Waals surface area contributed by atoms with E-state index in [-0.39, 0.29) is 5.54 Å². The molecule has 0 bridgehead atoms. The van der Waals surface area contributed by atoms with Gasteiger partial charge in [-0.05, 0) is 40.8 Å². The molecule has 96 valence electrons. The summed E-state index contributed by atoms with van der Waals surface area (Å²) in [4.78, 5) is 6.74. The lowest BCUT2D eigenvalue weighted by molar-refractivity contribution is 0.237. The maximum Gasteiger partial charge on any atom is 0.189 e. The maximum absolute atomic E-state index is 5.81. The molecule has 4 heteroatoms. The fourth-order valence-corrected chi connectivity index (χ4v) is 1.62. The monoisotopic (exact) mass is 228 g/mol. The molecule has 16 heavy (non-hydrogen) atoms. The summed E-state index contributed by atoms with van der Waals surface area (Å²) in [5.74, 6) is 0.534. The third-order valence-electron chi connectivity index (χ3n) is 2.46. The van der Waals surface area contributed by atoms with Crippen LogP contribution in [0.2, 0.25) is 0 Å². The number of nitrogens with one attached hydrogen (secondary N) is 1. The molecule has 0 rings (SSSR count). The zero-order chi connectivity index (χ0) is 12.8. The first kappa shape index (κ1) is 15.2. The topological polar surface area (TPSA) is 53.6 Å². The number of guanidine groups is 1. The van der Waals surface area contributed by atoms with Gasteiger partial charge < -0.3 is 11.1 Å². The van der Waals surface area contributed by atoms with Crippen LogP contribution in [-0.4, -0.2) is 42.1 Å². The van der Waals surface area contributed by atoms with Gasteiger partial charge in [0, 0.05) is 11.6 Å². The van der Waals surface area contributed by atoms with Gasteiger partial charge in [-0.15, -0.1) is 0 Å². The molecule has 0 fully saturated rings. The van der Waals surface area contributed by atoms with Crippen molar-refractivity contribution < 1.29 is 0 Å². The van der Waals surface area contributed by atoms with Crippen LogP contribution in [0.1, 0.15) is 41.5 Å². The number of hydrogen-bond donors (Lipinski definition) is 2. The van der Waals surface area contributed by atoms with Crippen LogP contribution in [0.5, 0.6) is 0 Å². The fourth-order valence-electron chi connectivity index (χ4n) is 1.62. The Kier molecular flexibility index (Phi) is 6.41. The third-order valence-corrected chi connectivity index (χ3v) is 2.46. The molecule has 1 unspecified atom stereocenters. The molecule has 0 aromatic heterocycles. The first-order chi connectivity index (χ1) is 7.30. The van der Waals surface area contributed by atoms with Crippen molar-refractivity contribution in [1.82, 2.24) is 10.2 Å². The second-order valence-corrected chi connectivity index (χ2v) is 5.17. The fraction of sp³-hybridized carbons (Fsp3) is 0.917. The highest BCUT2D eigenvalue weighted by Gasteiger charge is 2.12. The van der Waals surface area contributed by atoms with E-state index >= 15 is 0 Å². The zero-order valence-electron chi connectivity index (χ0n) is 11.7. The normalized spacial score (nSPS) is 15.3. The summed E-state index contributed by atoms with van der Waals surface area (Å²) < 4.78 is 0. The van der Waals surface area contributed by atoms with Crippen LogP contribution >= 0.6 is 0 Å². The predicted molar refractivity (Wildman–Crippen MR) is 71.8 cm³/mol. The molecule has 0 radical (unpaired) electrons. The zero-order valence-corrected chi connectivity index (χ0v) is 11.7. The van der Waals surface area contributed by atoms with Gasteiger partial charge in [0.25, 0.3) is 0 Å². The van der Waals surface area contributed by atoms with Gasteiger partial charge in [0.1, 0.15) is 0 Å². The largest absolute Gasteiger partial charge is 0.370 e. The van der Waals surface area contributed by atoms with E-state index in [4.69, 9.17) is 5.73 Å². The van der Waals surface area contributed by atoms with E-state index in [0.717, 1.165) is 19.6 Å². The van der Waals surface area contributed by atoms with Gasteiger partial charge >= 0.3 is 0 Å². The minimum atomic E-state index is -0.0218. The molecule has 0 aromatic carbocycles. The van der Waals surface area contributed by atoms with Crippen molar-refractivity contribution in [2.75, 3.05) is 19.6 Å². The van der Waals surface area contributed by atoms with Crippen LogP contribution in [0.3, 0.4) is 0 Å². The van der Waals surface area contributed by atoms with Crippen LogP contribution in [0.15, 0.2) is 4.99 Å². The van der Waals surface area contributed by atoms with Crippen LogP contribution in [0.25, 0.3) is 0 Å². The SMILES string of the molecule is CCN(CC)C(C)CN=C(N)NC(C)(C)C.